The number of Topliss-reactive ketones (excluding diaryl/α,β-unsaturated/α-hetero) is 1. The number of hydrogen-bond donors (Lipinski definition) is 0. The van der Waals surface area contributed by atoms with E-state index < -0.39 is 9.84 Å². The molecule has 2 aliphatic rings. The summed E-state index contributed by atoms with van der Waals surface area (Å²) < 4.78 is 23.1. The Morgan fingerprint density at radius 1 is 1.19 bits per heavy atom. The Balaban J connectivity index is 1.73. The van der Waals surface area contributed by atoms with Crippen molar-refractivity contribution >= 4 is 27.1 Å². The minimum Gasteiger partial charge on any atom is -0.342 e. The molecule has 3 rings (SSSR count). The first-order valence-corrected chi connectivity index (χ1v) is 11.2. The van der Waals surface area contributed by atoms with Crippen LogP contribution < -0.4 is 0 Å². The monoisotopic (exact) mass is 375 g/mol. The lowest BCUT2D eigenvalue weighted by atomic mass is 9.97. The molecule has 1 amide bonds. The molecule has 1 aliphatic carbocycles. The number of nitrogens with zero attached hydrogens (tertiary/aromatic N) is 1. The van der Waals surface area contributed by atoms with Gasteiger partial charge in [-0.25, -0.2) is 8.42 Å². The average molecular weight is 375 g/mol. The van der Waals surface area contributed by atoms with Crippen LogP contribution in [0.3, 0.4) is 0 Å². The highest BCUT2D eigenvalue weighted by Crippen LogP contribution is 2.34. The van der Waals surface area contributed by atoms with Gasteiger partial charge in [-0.05, 0) is 36.3 Å². The van der Waals surface area contributed by atoms with Crippen molar-refractivity contribution in [1.29, 1.82) is 0 Å². The Kier molecular flexibility index (Phi) is 5.61. The molecule has 5 nitrogen and oxygen atoms in total. The number of allylic oxidation sites excluding steroid dienone is 1. The van der Waals surface area contributed by atoms with Gasteiger partial charge in [0.05, 0.1) is 12.2 Å². The van der Waals surface area contributed by atoms with Crippen LogP contribution in [0.2, 0.25) is 0 Å². The van der Waals surface area contributed by atoms with E-state index in [-0.39, 0.29) is 29.8 Å². The summed E-state index contributed by atoms with van der Waals surface area (Å²) in [6, 6.07) is 9.75. The van der Waals surface area contributed by atoms with E-state index in [1.807, 2.05) is 30.3 Å². The zero-order chi connectivity index (χ0) is 18.7. The van der Waals surface area contributed by atoms with Gasteiger partial charge in [0.15, 0.2) is 5.78 Å². The molecule has 140 valence electrons. The molecule has 1 atom stereocenters. The smallest absolute Gasteiger partial charge is 0.227 e. The summed E-state index contributed by atoms with van der Waals surface area (Å²) in [6.45, 7) is 1.11. The molecule has 1 saturated heterocycles. The van der Waals surface area contributed by atoms with Crippen LogP contribution >= 0.6 is 0 Å². The number of likely N-dealkylation sites (tertiary alicyclic amines) is 1. The molecule has 1 aromatic rings. The minimum absolute atomic E-state index is 0.00967. The van der Waals surface area contributed by atoms with Crippen molar-refractivity contribution in [1.82, 2.24) is 4.90 Å². The van der Waals surface area contributed by atoms with Gasteiger partial charge in [0, 0.05) is 31.3 Å². The fourth-order valence-electron chi connectivity index (χ4n) is 3.99. The van der Waals surface area contributed by atoms with Gasteiger partial charge in [-0.2, -0.15) is 0 Å². The molecule has 0 aromatic heterocycles. The van der Waals surface area contributed by atoms with Gasteiger partial charge in [-0.1, -0.05) is 30.3 Å². The van der Waals surface area contributed by atoms with Gasteiger partial charge in [0.1, 0.15) is 9.84 Å². The molecule has 0 bridgehead atoms. The van der Waals surface area contributed by atoms with Gasteiger partial charge >= 0.3 is 0 Å². The fraction of sp³-hybridized carbons (Fsp3) is 0.500. The third-order valence-corrected chi connectivity index (χ3v) is 6.24. The van der Waals surface area contributed by atoms with Gasteiger partial charge < -0.3 is 4.90 Å². The predicted octanol–water partition coefficient (Wildman–Crippen LogP) is 2.48. The first-order chi connectivity index (χ1) is 12.3. The zero-order valence-corrected chi connectivity index (χ0v) is 15.9. The largest absolute Gasteiger partial charge is 0.342 e. The Labute approximate surface area is 155 Å². The summed E-state index contributed by atoms with van der Waals surface area (Å²) in [4.78, 5) is 26.8. The molecule has 0 radical (unpaired) electrons. The van der Waals surface area contributed by atoms with E-state index in [1.165, 1.54) is 6.26 Å². The average Bonchev–Trinajstić information content (AvgIpc) is 2.95. The zero-order valence-electron chi connectivity index (χ0n) is 15.1. The first-order valence-electron chi connectivity index (χ1n) is 9.09. The molecule has 0 N–H and O–H groups in total. The molecule has 6 heteroatoms. The normalized spacial score (nSPS) is 21.3. The van der Waals surface area contributed by atoms with Crippen LogP contribution in [-0.2, 0) is 19.4 Å². The lowest BCUT2D eigenvalue weighted by Gasteiger charge is -2.32. The summed E-state index contributed by atoms with van der Waals surface area (Å²) >= 11 is 0. The number of carbonyl (C=O) groups excluding carboxylic acids is 2. The molecule has 26 heavy (non-hydrogen) atoms. The molecule has 1 aliphatic heterocycles. The highest BCUT2D eigenvalue weighted by molar-refractivity contribution is 7.90. The quantitative estimate of drug-likeness (QED) is 0.793. The van der Waals surface area contributed by atoms with Crippen molar-refractivity contribution < 1.29 is 18.0 Å². The Morgan fingerprint density at radius 3 is 2.62 bits per heavy atom. The molecule has 1 heterocycles. The number of rotatable bonds is 5. The standard InChI is InChI=1S/C20H25NO4S/c1-26(24,25)14-15-6-5-11-21(13-15)20(23)12-18-17(9-10-19(18)22)16-7-3-2-4-8-16/h2-4,7-8,15H,5-6,9-14H2,1H3/t15-/m1/s1. The number of piperidine rings is 1. The lowest BCUT2D eigenvalue weighted by Crippen LogP contribution is -2.42. The summed E-state index contributed by atoms with van der Waals surface area (Å²) in [5.41, 5.74) is 2.62. The number of amides is 1. The number of benzene rings is 1. The van der Waals surface area contributed by atoms with Crippen LogP contribution in [0.5, 0.6) is 0 Å². The molecule has 1 aromatic carbocycles. The van der Waals surface area contributed by atoms with Crippen LogP contribution in [0.15, 0.2) is 35.9 Å². The van der Waals surface area contributed by atoms with Crippen molar-refractivity contribution in [2.24, 2.45) is 5.92 Å². The highest BCUT2D eigenvalue weighted by Gasteiger charge is 2.30. The molecular weight excluding hydrogens is 350 g/mol. The van der Waals surface area contributed by atoms with Gasteiger partial charge in [-0.15, -0.1) is 0 Å². The number of carbonyl (C=O) groups is 2. The van der Waals surface area contributed by atoms with Crippen molar-refractivity contribution in [2.75, 3.05) is 25.1 Å². The van der Waals surface area contributed by atoms with Crippen LogP contribution in [0.1, 0.15) is 37.7 Å². The predicted molar refractivity (Wildman–Crippen MR) is 101 cm³/mol. The summed E-state index contributed by atoms with van der Waals surface area (Å²) in [6.07, 6.45) is 4.14. The van der Waals surface area contributed by atoms with Gasteiger partial charge in [0.25, 0.3) is 0 Å². The van der Waals surface area contributed by atoms with E-state index in [2.05, 4.69) is 0 Å². The second kappa shape index (κ2) is 7.74. The second-order valence-corrected chi connectivity index (χ2v) is 9.55. The Morgan fingerprint density at radius 2 is 1.92 bits per heavy atom. The van der Waals surface area contributed by atoms with E-state index in [0.717, 1.165) is 24.0 Å². The first kappa shape index (κ1) is 18.8. The van der Waals surface area contributed by atoms with Crippen LogP contribution in [0, 0.1) is 5.92 Å². The Bertz CT molecular complexity index is 827. The van der Waals surface area contributed by atoms with Crippen LogP contribution in [0.25, 0.3) is 5.57 Å². The van der Waals surface area contributed by atoms with Gasteiger partial charge in [-0.3, -0.25) is 9.59 Å². The third kappa shape index (κ3) is 4.61. The van der Waals surface area contributed by atoms with Crippen molar-refractivity contribution in [2.45, 2.75) is 32.1 Å². The number of ketones is 1. The maximum absolute atomic E-state index is 12.8. The van der Waals surface area contributed by atoms with E-state index in [0.29, 0.717) is 31.5 Å². The van der Waals surface area contributed by atoms with E-state index in [9.17, 15) is 18.0 Å². The molecule has 0 spiro atoms. The second-order valence-electron chi connectivity index (χ2n) is 7.36. The van der Waals surface area contributed by atoms with Gasteiger partial charge in [0.2, 0.25) is 5.91 Å². The minimum atomic E-state index is -3.05. The summed E-state index contributed by atoms with van der Waals surface area (Å²) in [5.74, 6) is 0.0987. The lowest BCUT2D eigenvalue weighted by molar-refractivity contribution is -0.132. The number of sulfone groups is 1. The van der Waals surface area contributed by atoms with Crippen LogP contribution in [0.4, 0.5) is 0 Å². The maximum Gasteiger partial charge on any atom is 0.227 e. The molecule has 0 saturated carbocycles. The Hall–Kier alpha value is -1.95. The van der Waals surface area contributed by atoms with Crippen molar-refractivity contribution in [3.8, 4) is 0 Å². The fourth-order valence-corrected chi connectivity index (χ4v) is 5.12. The topological polar surface area (TPSA) is 71.5 Å². The van der Waals surface area contributed by atoms with E-state index in [1.54, 1.807) is 4.90 Å². The van der Waals surface area contributed by atoms with E-state index in [4.69, 9.17) is 0 Å². The highest BCUT2D eigenvalue weighted by atomic mass is 32.2. The summed E-state index contributed by atoms with van der Waals surface area (Å²) in [7, 11) is -3.05. The summed E-state index contributed by atoms with van der Waals surface area (Å²) in [5, 5.41) is 0. The third-order valence-electron chi connectivity index (χ3n) is 5.16. The maximum atomic E-state index is 12.8. The van der Waals surface area contributed by atoms with Crippen LogP contribution in [-0.4, -0.2) is 50.1 Å². The van der Waals surface area contributed by atoms with E-state index >= 15 is 0 Å². The molecule has 0 unspecified atom stereocenters. The molecule has 1 fully saturated rings. The molecular formula is C20H25NO4S. The van der Waals surface area contributed by atoms with Crippen molar-refractivity contribution in [3.05, 3.63) is 41.5 Å². The number of hydrogen-bond acceptors (Lipinski definition) is 4. The van der Waals surface area contributed by atoms with Crippen molar-refractivity contribution in [3.63, 3.8) is 0 Å². The SMILES string of the molecule is CS(=O)(=O)C[C@@H]1CCCN(C(=O)CC2=C(c3ccccc3)CCC2=O)C1.